The Kier molecular flexibility index (Phi) is 9.10. The number of hydrogen-bond donors (Lipinski definition) is 1. The summed E-state index contributed by atoms with van der Waals surface area (Å²) in [6.07, 6.45) is 0.727. The zero-order chi connectivity index (χ0) is 23.0. The Bertz CT molecular complexity index is 874. The molecule has 0 fully saturated rings. The third-order valence-electron chi connectivity index (χ3n) is 5.18. The average Bonchev–Trinajstić information content (AvgIpc) is 2.74. The van der Waals surface area contributed by atoms with Crippen LogP contribution in [0.4, 0.5) is 0 Å². The molecular weight excluding hydrogens is 414 g/mol. The van der Waals surface area contributed by atoms with Gasteiger partial charge in [-0.05, 0) is 47.7 Å². The lowest BCUT2D eigenvalue weighted by Gasteiger charge is -2.32. The molecule has 0 radical (unpaired) electrons. The van der Waals surface area contributed by atoms with Gasteiger partial charge in [-0.2, -0.15) is 4.31 Å². The van der Waals surface area contributed by atoms with E-state index in [2.05, 4.69) is 6.58 Å². The first-order valence-electron chi connectivity index (χ1n) is 10.3. The molecule has 0 aromatic heterocycles. The van der Waals surface area contributed by atoms with Gasteiger partial charge in [-0.1, -0.05) is 44.2 Å². The van der Waals surface area contributed by atoms with Gasteiger partial charge in [-0.3, -0.25) is 0 Å². The lowest BCUT2D eigenvalue weighted by molar-refractivity contribution is 0.151. The van der Waals surface area contributed by atoms with Gasteiger partial charge in [0, 0.05) is 13.1 Å². The zero-order valence-electron chi connectivity index (χ0n) is 18.7. The molecule has 0 spiro atoms. The van der Waals surface area contributed by atoms with Crippen LogP contribution in [0.2, 0.25) is 0 Å². The lowest BCUT2D eigenvalue weighted by Crippen LogP contribution is -2.46. The van der Waals surface area contributed by atoms with Crippen LogP contribution >= 0.6 is 0 Å². The van der Waals surface area contributed by atoms with E-state index in [-0.39, 0.29) is 25.4 Å². The molecule has 31 heavy (non-hydrogen) atoms. The Morgan fingerprint density at radius 3 is 1.68 bits per heavy atom. The van der Waals surface area contributed by atoms with Crippen molar-refractivity contribution in [1.29, 1.82) is 0 Å². The van der Waals surface area contributed by atoms with Crippen molar-refractivity contribution < 1.29 is 23.0 Å². The third-order valence-corrected chi connectivity index (χ3v) is 7.71. The number of rotatable bonds is 12. The lowest BCUT2D eigenvalue weighted by atomic mass is 10.0. The first kappa shape index (κ1) is 24.9. The molecule has 6 nitrogen and oxygen atoms in total. The number of aliphatic hydroxyl groups is 1. The van der Waals surface area contributed by atoms with Crippen molar-refractivity contribution in [3.63, 3.8) is 0 Å². The molecule has 0 saturated heterocycles. The van der Waals surface area contributed by atoms with Gasteiger partial charge in [0.05, 0.1) is 20.3 Å². The zero-order valence-corrected chi connectivity index (χ0v) is 19.5. The van der Waals surface area contributed by atoms with Crippen molar-refractivity contribution in [2.75, 3.05) is 14.2 Å². The van der Waals surface area contributed by atoms with Crippen molar-refractivity contribution in [1.82, 2.24) is 4.31 Å². The summed E-state index contributed by atoms with van der Waals surface area (Å²) < 4.78 is 39.3. The molecule has 7 heteroatoms. The minimum Gasteiger partial charge on any atom is -0.497 e. The third kappa shape index (κ3) is 6.56. The van der Waals surface area contributed by atoms with E-state index in [0.29, 0.717) is 11.5 Å². The van der Waals surface area contributed by atoms with Crippen LogP contribution in [0, 0.1) is 5.92 Å². The van der Waals surface area contributed by atoms with E-state index in [9.17, 15) is 13.5 Å². The predicted octanol–water partition coefficient (Wildman–Crippen LogP) is 4.00. The van der Waals surface area contributed by atoms with Gasteiger partial charge in [0.25, 0.3) is 0 Å². The van der Waals surface area contributed by atoms with Crippen LogP contribution in [0.15, 0.2) is 61.2 Å². The number of nitrogens with zero attached hydrogens (tertiary/aromatic N) is 1. The molecule has 170 valence electrons. The summed E-state index contributed by atoms with van der Waals surface area (Å²) in [4.78, 5) is 0. The van der Waals surface area contributed by atoms with Crippen molar-refractivity contribution in [2.45, 2.75) is 44.7 Å². The number of hydrogen-bond acceptors (Lipinski definition) is 5. The summed E-state index contributed by atoms with van der Waals surface area (Å²) >= 11 is 0. The van der Waals surface area contributed by atoms with E-state index in [4.69, 9.17) is 9.47 Å². The van der Waals surface area contributed by atoms with Crippen LogP contribution in [-0.4, -0.2) is 43.4 Å². The van der Waals surface area contributed by atoms with Crippen LogP contribution < -0.4 is 9.47 Å². The van der Waals surface area contributed by atoms with Crippen molar-refractivity contribution >= 4 is 10.0 Å². The molecule has 0 aliphatic rings. The number of aliphatic hydroxyl groups excluding tert-OH is 1. The van der Waals surface area contributed by atoms with Gasteiger partial charge in [0.1, 0.15) is 16.7 Å². The van der Waals surface area contributed by atoms with E-state index in [1.165, 1.54) is 4.31 Å². The minimum absolute atomic E-state index is 0.183. The Balaban J connectivity index is 2.42. The van der Waals surface area contributed by atoms with Crippen LogP contribution in [0.3, 0.4) is 0 Å². The molecule has 1 N–H and O–H groups in total. The SMILES string of the molecule is C=CC[C@@H](O)[C@@H](C(C)C)S(=O)(=O)N(Cc1ccc(OC)cc1)Cc1ccc(OC)cc1. The Morgan fingerprint density at radius 1 is 0.935 bits per heavy atom. The summed E-state index contributed by atoms with van der Waals surface area (Å²) in [6, 6.07) is 14.6. The van der Waals surface area contributed by atoms with Gasteiger partial charge >= 0.3 is 0 Å². The minimum atomic E-state index is -3.84. The normalized spacial score (nSPS) is 13.8. The molecule has 0 amide bonds. The highest BCUT2D eigenvalue weighted by Crippen LogP contribution is 2.27. The molecule has 2 aromatic rings. The quantitative estimate of drug-likeness (QED) is 0.498. The summed E-state index contributed by atoms with van der Waals surface area (Å²) in [5.74, 6) is 1.14. The van der Waals surface area contributed by atoms with E-state index in [1.54, 1.807) is 44.6 Å². The van der Waals surface area contributed by atoms with Gasteiger partial charge < -0.3 is 14.6 Å². The maximum absolute atomic E-state index is 13.7. The molecule has 0 saturated carbocycles. The van der Waals surface area contributed by atoms with Crippen molar-refractivity contribution in [2.24, 2.45) is 5.92 Å². The summed E-state index contributed by atoms with van der Waals surface area (Å²) in [7, 11) is -0.665. The van der Waals surface area contributed by atoms with Gasteiger partial charge in [0.15, 0.2) is 0 Å². The largest absolute Gasteiger partial charge is 0.497 e. The number of methoxy groups -OCH3 is 2. The fraction of sp³-hybridized carbons (Fsp3) is 0.417. The monoisotopic (exact) mass is 447 g/mol. The highest BCUT2D eigenvalue weighted by atomic mass is 32.2. The highest BCUT2D eigenvalue weighted by Gasteiger charge is 2.39. The number of sulfonamides is 1. The fourth-order valence-electron chi connectivity index (χ4n) is 3.57. The summed E-state index contributed by atoms with van der Waals surface area (Å²) in [5, 5.41) is 9.68. The number of ether oxygens (including phenoxy) is 2. The second kappa shape index (κ2) is 11.3. The van der Waals surface area contributed by atoms with Gasteiger partial charge in [-0.15, -0.1) is 6.58 Å². The second-order valence-corrected chi connectivity index (χ2v) is 9.90. The average molecular weight is 448 g/mol. The smallest absolute Gasteiger partial charge is 0.220 e. The summed E-state index contributed by atoms with van der Waals surface area (Å²) in [6.45, 7) is 7.64. The van der Waals surface area contributed by atoms with Crippen LogP contribution in [0.5, 0.6) is 11.5 Å². The molecule has 0 heterocycles. The van der Waals surface area contributed by atoms with E-state index < -0.39 is 21.4 Å². The van der Waals surface area contributed by atoms with E-state index in [1.807, 2.05) is 38.1 Å². The Morgan fingerprint density at radius 2 is 1.35 bits per heavy atom. The van der Waals surface area contributed by atoms with Crippen LogP contribution in [0.25, 0.3) is 0 Å². The molecule has 2 atom stereocenters. The highest BCUT2D eigenvalue weighted by molar-refractivity contribution is 7.89. The fourth-order valence-corrected chi connectivity index (χ4v) is 5.77. The number of benzene rings is 2. The van der Waals surface area contributed by atoms with Crippen molar-refractivity contribution in [3.8, 4) is 11.5 Å². The molecule has 0 aliphatic heterocycles. The maximum atomic E-state index is 13.7. The summed E-state index contributed by atoms with van der Waals surface area (Å²) in [5.41, 5.74) is 1.66. The van der Waals surface area contributed by atoms with E-state index >= 15 is 0 Å². The maximum Gasteiger partial charge on any atom is 0.220 e. The first-order chi connectivity index (χ1) is 14.7. The predicted molar refractivity (Wildman–Crippen MR) is 124 cm³/mol. The Labute approximate surface area is 186 Å². The topological polar surface area (TPSA) is 76.1 Å². The molecular formula is C24H33NO5S. The standard InChI is InChI=1S/C24H33NO5S/c1-6-7-23(26)24(18(2)3)31(27,28)25(16-19-8-12-21(29-4)13-9-19)17-20-10-14-22(30-5)15-11-20/h6,8-15,18,23-24,26H,1,7,16-17H2,2-5H3/t23-,24-/m1/s1. The van der Waals surface area contributed by atoms with Crippen LogP contribution in [-0.2, 0) is 23.1 Å². The van der Waals surface area contributed by atoms with Crippen LogP contribution in [0.1, 0.15) is 31.4 Å². The molecule has 0 unspecified atom stereocenters. The van der Waals surface area contributed by atoms with Gasteiger partial charge in [0.2, 0.25) is 10.0 Å². The second-order valence-electron chi connectivity index (χ2n) is 7.81. The first-order valence-corrected chi connectivity index (χ1v) is 11.8. The van der Waals surface area contributed by atoms with E-state index in [0.717, 1.165) is 11.1 Å². The van der Waals surface area contributed by atoms with Crippen molar-refractivity contribution in [3.05, 3.63) is 72.3 Å². The van der Waals surface area contributed by atoms with Gasteiger partial charge in [-0.25, -0.2) is 8.42 Å². The molecule has 0 bridgehead atoms. The molecule has 2 rings (SSSR count). The Hall–Kier alpha value is -2.35. The molecule has 2 aromatic carbocycles. The molecule has 0 aliphatic carbocycles.